The van der Waals surface area contributed by atoms with Gasteiger partial charge in [0, 0.05) is 6.04 Å². The molecule has 2 N–H and O–H groups in total. The summed E-state index contributed by atoms with van der Waals surface area (Å²) in [5, 5.41) is 0. The second-order valence-corrected chi connectivity index (χ2v) is 3.21. The average Bonchev–Trinajstić information content (AvgIpc) is 2.15. The van der Waals surface area contributed by atoms with Gasteiger partial charge >= 0.3 is 0 Å². The third kappa shape index (κ3) is 3.99. The van der Waals surface area contributed by atoms with Crippen LogP contribution in [0, 0.1) is 0 Å². The summed E-state index contributed by atoms with van der Waals surface area (Å²) in [7, 11) is 0. The highest BCUT2D eigenvalue weighted by molar-refractivity contribution is 5.85. The smallest absolute Gasteiger partial charge is 0.119 e. The fourth-order valence-corrected chi connectivity index (χ4v) is 1.11. The number of hydrogen-bond donors (Lipinski definition) is 1. The lowest BCUT2D eigenvalue weighted by molar-refractivity contribution is 0.317. The molecule has 0 amide bonds. The predicted molar refractivity (Wildman–Crippen MR) is 62.1 cm³/mol. The minimum atomic E-state index is 0. The quantitative estimate of drug-likeness (QED) is 0.838. The van der Waals surface area contributed by atoms with Gasteiger partial charge in [-0.05, 0) is 31.0 Å². The lowest BCUT2D eigenvalue weighted by Gasteiger charge is -2.08. The molecule has 0 aliphatic carbocycles. The van der Waals surface area contributed by atoms with Gasteiger partial charge in [0.25, 0.3) is 0 Å². The van der Waals surface area contributed by atoms with Crippen molar-refractivity contribution >= 4 is 12.4 Å². The zero-order chi connectivity index (χ0) is 9.68. The lowest BCUT2D eigenvalue weighted by atomic mass is 10.1. The van der Waals surface area contributed by atoms with Crippen LogP contribution in [-0.2, 0) is 0 Å². The molecule has 3 heteroatoms. The van der Waals surface area contributed by atoms with Crippen LogP contribution >= 0.6 is 12.4 Å². The third-order valence-electron chi connectivity index (χ3n) is 1.86. The van der Waals surface area contributed by atoms with Crippen LogP contribution < -0.4 is 10.5 Å². The Morgan fingerprint density at radius 3 is 2.71 bits per heavy atom. The van der Waals surface area contributed by atoms with E-state index in [0.717, 1.165) is 24.3 Å². The summed E-state index contributed by atoms with van der Waals surface area (Å²) in [5.41, 5.74) is 6.87. The standard InChI is InChI=1S/C11H17NO.ClH/c1-3-7-13-11-6-4-5-10(8-11)9(2)12;/h4-6,8-9H,3,7,12H2,1-2H3;1H/t9-;/m1./s1. The number of benzene rings is 1. The first kappa shape index (κ1) is 13.3. The minimum absolute atomic E-state index is 0. The maximum Gasteiger partial charge on any atom is 0.119 e. The van der Waals surface area contributed by atoms with Crippen LogP contribution in [0.4, 0.5) is 0 Å². The van der Waals surface area contributed by atoms with E-state index < -0.39 is 0 Å². The van der Waals surface area contributed by atoms with E-state index in [1.54, 1.807) is 0 Å². The van der Waals surface area contributed by atoms with Gasteiger partial charge in [0.05, 0.1) is 6.61 Å². The number of nitrogens with two attached hydrogens (primary N) is 1. The topological polar surface area (TPSA) is 35.2 Å². The fraction of sp³-hybridized carbons (Fsp3) is 0.455. The molecule has 1 aromatic rings. The van der Waals surface area contributed by atoms with Gasteiger partial charge in [-0.3, -0.25) is 0 Å². The van der Waals surface area contributed by atoms with E-state index in [-0.39, 0.29) is 18.4 Å². The maximum atomic E-state index is 5.76. The van der Waals surface area contributed by atoms with Crippen molar-refractivity contribution in [2.75, 3.05) is 6.61 Å². The van der Waals surface area contributed by atoms with Crippen LogP contribution in [0.1, 0.15) is 31.9 Å². The van der Waals surface area contributed by atoms with Gasteiger partial charge in [0.1, 0.15) is 5.75 Å². The molecule has 0 spiro atoms. The first-order valence-corrected chi connectivity index (χ1v) is 4.72. The number of halogens is 1. The van der Waals surface area contributed by atoms with E-state index in [9.17, 15) is 0 Å². The van der Waals surface area contributed by atoms with Crippen LogP contribution in [0.3, 0.4) is 0 Å². The van der Waals surface area contributed by atoms with Crippen molar-refractivity contribution < 1.29 is 4.74 Å². The number of hydrogen-bond acceptors (Lipinski definition) is 2. The molecule has 80 valence electrons. The Balaban J connectivity index is 0.00000169. The highest BCUT2D eigenvalue weighted by Crippen LogP contribution is 2.17. The first-order valence-electron chi connectivity index (χ1n) is 4.72. The summed E-state index contributed by atoms with van der Waals surface area (Å²) in [6.07, 6.45) is 1.03. The molecule has 1 atom stereocenters. The second-order valence-electron chi connectivity index (χ2n) is 3.21. The Bertz CT molecular complexity index is 263. The summed E-state index contributed by atoms with van der Waals surface area (Å²) in [5.74, 6) is 0.914. The first-order chi connectivity index (χ1) is 6.24. The second kappa shape index (κ2) is 6.68. The van der Waals surface area contributed by atoms with E-state index >= 15 is 0 Å². The van der Waals surface area contributed by atoms with E-state index in [1.807, 2.05) is 31.2 Å². The predicted octanol–water partition coefficient (Wildman–Crippen LogP) is 2.92. The molecule has 0 radical (unpaired) electrons. The summed E-state index contributed by atoms with van der Waals surface area (Å²) < 4.78 is 5.49. The monoisotopic (exact) mass is 215 g/mol. The SMILES string of the molecule is CCCOc1cccc([C@@H](C)N)c1.Cl. The summed E-state index contributed by atoms with van der Waals surface area (Å²) in [6, 6.07) is 8.03. The Labute approximate surface area is 91.9 Å². The molecule has 0 aliphatic heterocycles. The highest BCUT2D eigenvalue weighted by atomic mass is 35.5. The molecule has 0 saturated heterocycles. The lowest BCUT2D eigenvalue weighted by Crippen LogP contribution is -2.05. The van der Waals surface area contributed by atoms with Crippen molar-refractivity contribution in [3.05, 3.63) is 29.8 Å². The molecule has 0 aromatic heterocycles. The van der Waals surface area contributed by atoms with Crippen molar-refractivity contribution in [1.29, 1.82) is 0 Å². The molecule has 1 aromatic carbocycles. The fourth-order valence-electron chi connectivity index (χ4n) is 1.11. The molecule has 0 unspecified atom stereocenters. The Morgan fingerprint density at radius 1 is 1.43 bits per heavy atom. The Hall–Kier alpha value is -0.730. The van der Waals surface area contributed by atoms with Gasteiger partial charge in [-0.2, -0.15) is 0 Å². The van der Waals surface area contributed by atoms with E-state index in [4.69, 9.17) is 10.5 Å². The number of rotatable bonds is 4. The van der Waals surface area contributed by atoms with Crippen molar-refractivity contribution in [2.45, 2.75) is 26.3 Å². The van der Waals surface area contributed by atoms with Crippen molar-refractivity contribution in [2.24, 2.45) is 5.73 Å². The zero-order valence-electron chi connectivity index (χ0n) is 8.69. The van der Waals surface area contributed by atoms with Crippen molar-refractivity contribution in [3.63, 3.8) is 0 Å². The Morgan fingerprint density at radius 2 is 2.14 bits per heavy atom. The number of ether oxygens (including phenoxy) is 1. The maximum absolute atomic E-state index is 5.76. The Kier molecular flexibility index (Phi) is 6.34. The normalized spacial score (nSPS) is 11.6. The highest BCUT2D eigenvalue weighted by Gasteiger charge is 2.00. The van der Waals surface area contributed by atoms with Gasteiger partial charge in [0.15, 0.2) is 0 Å². The third-order valence-corrected chi connectivity index (χ3v) is 1.86. The molecule has 0 fully saturated rings. The summed E-state index contributed by atoms with van der Waals surface area (Å²) in [4.78, 5) is 0. The van der Waals surface area contributed by atoms with Crippen LogP contribution in [-0.4, -0.2) is 6.61 Å². The van der Waals surface area contributed by atoms with Crippen LogP contribution in [0.2, 0.25) is 0 Å². The molecular weight excluding hydrogens is 198 g/mol. The molecule has 0 bridgehead atoms. The van der Waals surface area contributed by atoms with E-state index in [1.165, 1.54) is 0 Å². The minimum Gasteiger partial charge on any atom is -0.494 e. The zero-order valence-corrected chi connectivity index (χ0v) is 9.51. The molecule has 1 rings (SSSR count). The van der Waals surface area contributed by atoms with Crippen molar-refractivity contribution in [3.8, 4) is 5.75 Å². The molecule has 0 aliphatic rings. The van der Waals surface area contributed by atoms with Crippen LogP contribution in [0.15, 0.2) is 24.3 Å². The molecule has 2 nitrogen and oxygen atoms in total. The summed E-state index contributed by atoms with van der Waals surface area (Å²) in [6.45, 7) is 4.83. The molecule has 0 saturated carbocycles. The molecular formula is C11H18ClNO. The average molecular weight is 216 g/mol. The van der Waals surface area contributed by atoms with Crippen LogP contribution in [0.5, 0.6) is 5.75 Å². The van der Waals surface area contributed by atoms with Gasteiger partial charge < -0.3 is 10.5 Å². The van der Waals surface area contributed by atoms with Gasteiger partial charge in [-0.25, -0.2) is 0 Å². The molecule has 14 heavy (non-hydrogen) atoms. The van der Waals surface area contributed by atoms with E-state index in [0.29, 0.717) is 0 Å². The van der Waals surface area contributed by atoms with Crippen LogP contribution in [0.25, 0.3) is 0 Å². The van der Waals surface area contributed by atoms with Gasteiger partial charge in [0.2, 0.25) is 0 Å². The van der Waals surface area contributed by atoms with E-state index in [2.05, 4.69) is 6.92 Å². The summed E-state index contributed by atoms with van der Waals surface area (Å²) >= 11 is 0. The van der Waals surface area contributed by atoms with Crippen molar-refractivity contribution in [1.82, 2.24) is 0 Å². The van der Waals surface area contributed by atoms with Gasteiger partial charge in [-0.1, -0.05) is 19.1 Å². The largest absolute Gasteiger partial charge is 0.494 e. The van der Waals surface area contributed by atoms with Gasteiger partial charge in [-0.15, -0.1) is 12.4 Å². The molecule has 0 heterocycles.